The first-order valence-corrected chi connectivity index (χ1v) is 31.8. The molecule has 1 nitrogen and oxygen atoms in total. The Kier molecular flexibility index (Phi) is 11.6. The van der Waals surface area contributed by atoms with Crippen LogP contribution in [-0.4, -0.2) is 6.71 Å². The molecule has 3 heteroatoms. The van der Waals surface area contributed by atoms with Crippen molar-refractivity contribution in [2.24, 2.45) is 0 Å². The number of rotatable bonds is 3. The van der Waals surface area contributed by atoms with Gasteiger partial charge in [0.2, 0.25) is 0 Å². The normalized spacial score (nSPS) is 22.7. The lowest BCUT2D eigenvalue weighted by atomic mass is 9.35. The molecule has 1 atom stereocenters. The standard InChI is InChI=1S/C76H92BNS/c1-44-34-45(2)65(46(3)35-44)49-36-48-20-23-51(47-21-24-53-55(37-47)71(8,9)28-26-69(53,4)5)66-52-40-57-60(76(18,19)33-30-73(57,12)13)43-64(52)79-68(66)77-61-41-58-59(75(16,17)32-31-74(58,14)15)42-62(61)78(63(38-49)67(48)77)50-22-25-54-56(39-50)72(10,11)29-27-70(54,6)7/h21-22,24-25,34-43,51H,20,23,26-33H2,1-19H3. The van der Waals surface area contributed by atoms with E-state index in [1.54, 1.807) is 38.2 Å². The molecular weight excluding hydrogens is 970 g/mol. The van der Waals surface area contributed by atoms with E-state index in [0.29, 0.717) is 0 Å². The maximum absolute atomic E-state index is 2.81. The molecule has 1 aromatic heterocycles. The van der Waals surface area contributed by atoms with E-state index in [0.717, 1.165) is 12.8 Å². The zero-order valence-corrected chi connectivity index (χ0v) is 53.0. The van der Waals surface area contributed by atoms with Crippen molar-refractivity contribution in [1.29, 1.82) is 0 Å². The van der Waals surface area contributed by atoms with E-state index < -0.39 is 0 Å². The highest BCUT2D eigenvalue weighted by atomic mass is 32.1. The molecule has 6 aromatic carbocycles. The smallest absolute Gasteiger partial charge is 0.259 e. The maximum atomic E-state index is 2.81. The minimum atomic E-state index is 0.0408. The Morgan fingerprint density at radius 2 is 0.924 bits per heavy atom. The summed E-state index contributed by atoms with van der Waals surface area (Å²) in [5.74, 6) is 0.233. The van der Waals surface area contributed by atoms with Crippen LogP contribution in [0.25, 0.3) is 21.2 Å². The summed E-state index contributed by atoms with van der Waals surface area (Å²) in [6, 6.07) is 36.9. The summed E-state index contributed by atoms with van der Waals surface area (Å²) >= 11 is 2.17. The molecule has 0 saturated heterocycles. The molecular formula is C76H92BNS. The minimum Gasteiger partial charge on any atom is -0.311 e. The van der Waals surface area contributed by atoms with Crippen LogP contribution in [0, 0.1) is 20.8 Å². The number of nitrogens with zero attached hydrogens (tertiary/aromatic N) is 1. The lowest BCUT2D eigenvalue weighted by Crippen LogP contribution is -2.59. The van der Waals surface area contributed by atoms with Gasteiger partial charge in [-0.3, -0.25) is 0 Å². The number of anilines is 3. The molecule has 410 valence electrons. The number of fused-ring (bicyclic) bond motifs is 10. The summed E-state index contributed by atoms with van der Waals surface area (Å²) in [7, 11) is 0. The van der Waals surface area contributed by atoms with Gasteiger partial charge in [-0.1, -0.05) is 165 Å². The van der Waals surface area contributed by atoms with Crippen molar-refractivity contribution in [3.05, 3.63) is 163 Å². The fourth-order valence-electron chi connectivity index (χ4n) is 17.2. The monoisotopic (exact) mass is 1060 g/mol. The van der Waals surface area contributed by atoms with Crippen LogP contribution in [0.2, 0.25) is 0 Å². The molecule has 1 unspecified atom stereocenters. The van der Waals surface area contributed by atoms with Crippen LogP contribution in [0.3, 0.4) is 0 Å². The average Bonchev–Trinajstić information content (AvgIpc) is 3.61. The molecule has 7 aromatic rings. The molecule has 0 bridgehead atoms. The summed E-state index contributed by atoms with van der Waals surface area (Å²) in [4.78, 5) is 2.81. The van der Waals surface area contributed by atoms with Gasteiger partial charge in [-0.25, -0.2) is 0 Å². The Labute approximate surface area is 481 Å². The third kappa shape index (κ3) is 8.07. The van der Waals surface area contributed by atoms with Gasteiger partial charge in [0, 0.05) is 27.7 Å². The molecule has 0 amide bonds. The lowest BCUT2D eigenvalue weighted by Gasteiger charge is -2.46. The van der Waals surface area contributed by atoms with Crippen LogP contribution < -0.4 is 20.6 Å². The third-order valence-electron chi connectivity index (χ3n) is 22.7. The van der Waals surface area contributed by atoms with Crippen LogP contribution in [-0.2, 0) is 49.7 Å². The highest BCUT2D eigenvalue weighted by Gasteiger charge is 2.48. The van der Waals surface area contributed by atoms with Crippen LogP contribution in [0.5, 0.6) is 0 Å². The fourth-order valence-corrected chi connectivity index (χ4v) is 18.6. The number of thiophene rings is 1. The number of hydrogen-bond acceptors (Lipinski definition) is 2. The van der Waals surface area contributed by atoms with Crippen LogP contribution in [0.15, 0.2) is 84.9 Å². The van der Waals surface area contributed by atoms with Crippen molar-refractivity contribution in [2.45, 2.75) is 245 Å². The van der Waals surface area contributed by atoms with E-state index in [9.17, 15) is 0 Å². The average molecular weight is 1060 g/mol. The first kappa shape index (κ1) is 53.5. The third-order valence-corrected chi connectivity index (χ3v) is 23.9. The highest BCUT2D eigenvalue weighted by molar-refractivity contribution is 7.32. The van der Waals surface area contributed by atoms with Gasteiger partial charge in [0.25, 0.3) is 6.71 Å². The van der Waals surface area contributed by atoms with Gasteiger partial charge in [0.05, 0.1) is 0 Å². The van der Waals surface area contributed by atoms with Gasteiger partial charge in [0.15, 0.2) is 0 Å². The number of hydrogen-bond donors (Lipinski definition) is 0. The molecule has 2 aliphatic heterocycles. The van der Waals surface area contributed by atoms with E-state index in [1.165, 1.54) is 145 Å². The SMILES string of the molecule is Cc1cc(C)c(-c2cc3c4c(c2)N(c2ccc5c(c2)C(C)(C)CCC5(C)C)c2cc5c(cc2B4c2sc4cc6c(cc4c2C(c2ccc4c(c2)C(C)(C)CCC4(C)C)CC3)C(C)(C)CCC6(C)C)C(C)(C)CCC5(C)C)c(C)c1. The fraction of sp³-hybridized carbons (Fsp3) is 0.500. The Morgan fingerprint density at radius 3 is 1.48 bits per heavy atom. The second-order valence-electron chi connectivity index (χ2n) is 32.0. The first-order chi connectivity index (χ1) is 36.8. The van der Waals surface area contributed by atoms with E-state index >= 15 is 0 Å². The molecule has 6 aliphatic rings. The summed E-state index contributed by atoms with van der Waals surface area (Å²) in [5.41, 5.74) is 31.8. The van der Waals surface area contributed by atoms with Crippen molar-refractivity contribution in [2.75, 3.05) is 4.90 Å². The Morgan fingerprint density at radius 1 is 0.456 bits per heavy atom. The Hall–Kier alpha value is -4.86. The predicted octanol–water partition coefficient (Wildman–Crippen LogP) is 19.3. The van der Waals surface area contributed by atoms with Gasteiger partial charge in [-0.05, 0) is 269 Å². The molecule has 0 spiro atoms. The molecule has 4 aliphatic carbocycles. The zero-order valence-electron chi connectivity index (χ0n) is 52.2. The van der Waals surface area contributed by atoms with Crippen molar-refractivity contribution in [3.63, 3.8) is 0 Å². The number of aryl methyl sites for hydroxylation is 4. The van der Waals surface area contributed by atoms with E-state index in [2.05, 4.69) is 233 Å². The summed E-state index contributed by atoms with van der Waals surface area (Å²) in [5, 5.41) is 1.52. The number of benzene rings is 6. The van der Waals surface area contributed by atoms with E-state index in [1.807, 2.05) is 0 Å². The maximum Gasteiger partial charge on any atom is 0.259 e. The van der Waals surface area contributed by atoms with Crippen molar-refractivity contribution < 1.29 is 0 Å². The molecule has 0 fully saturated rings. The predicted molar refractivity (Wildman–Crippen MR) is 345 cm³/mol. The van der Waals surface area contributed by atoms with E-state index in [4.69, 9.17) is 0 Å². The molecule has 0 radical (unpaired) electrons. The van der Waals surface area contributed by atoms with E-state index in [-0.39, 0.29) is 56.0 Å². The minimum absolute atomic E-state index is 0.0408. The van der Waals surface area contributed by atoms with Crippen molar-refractivity contribution in [1.82, 2.24) is 0 Å². The Balaban J connectivity index is 1.18. The zero-order chi connectivity index (χ0) is 56.3. The molecule has 79 heavy (non-hydrogen) atoms. The van der Waals surface area contributed by atoms with Crippen LogP contribution in [0.1, 0.15) is 252 Å². The van der Waals surface area contributed by atoms with Gasteiger partial charge in [0.1, 0.15) is 0 Å². The second kappa shape index (κ2) is 17.1. The van der Waals surface area contributed by atoms with Crippen molar-refractivity contribution in [3.8, 4) is 11.1 Å². The van der Waals surface area contributed by atoms with Crippen LogP contribution >= 0.6 is 11.3 Å². The summed E-state index contributed by atoms with van der Waals surface area (Å²) < 4.78 is 3.06. The molecule has 3 heterocycles. The highest BCUT2D eigenvalue weighted by Crippen LogP contribution is 2.55. The van der Waals surface area contributed by atoms with Gasteiger partial charge in [-0.15, -0.1) is 11.3 Å². The van der Waals surface area contributed by atoms with Gasteiger partial charge >= 0.3 is 0 Å². The summed E-state index contributed by atoms with van der Waals surface area (Å²) in [6.45, 7) is 47.3. The van der Waals surface area contributed by atoms with Gasteiger partial charge < -0.3 is 4.90 Å². The lowest BCUT2D eigenvalue weighted by molar-refractivity contribution is 0.331. The Bertz CT molecular complexity index is 3720. The summed E-state index contributed by atoms with van der Waals surface area (Å²) in [6.07, 6.45) is 11.7. The van der Waals surface area contributed by atoms with Crippen molar-refractivity contribution >= 4 is 60.9 Å². The second-order valence-corrected chi connectivity index (χ2v) is 33.1. The topological polar surface area (TPSA) is 3.24 Å². The molecule has 0 saturated carbocycles. The van der Waals surface area contributed by atoms with Crippen LogP contribution in [0.4, 0.5) is 17.1 Å². The quantitative estimate of drug-likeness (QED) is 0.159. The molecule has 0 N–H and O–H groups in total. The van der Waals surface area contributed by atoms with Gasteiger partial charge in [-0.2, -0.15) is 0 Å². The first-order valence-electron chi connectivity index (χ1n) is 31.0. The molecule has 13 rings (SSSR count). The largest absolute Gasteiger partial charge is 0.311 e.